The number of hydrogen-bond acceptors (Lipinski definition) is 2. The van der Waals surface area contributed by atoms with E-state index < -0.39 is 0 Å². The summed E-state index contributed by atoms with van der Waals surface area (Å²) in [7, 11) is 0. The lowest BCUT2D eigenvalue weighted by molar-refractivity contribution is 0.669. The Hall–Kier alpha value is -6.38. The molecule has 10 rings (SSSR count). The maximum absolute atomic E-state index is 6.59. The largest absolute Gasteiger partial charge is 0.456 e. The van der Waals surface area contributed by atoms with Crippen molar-refractivity contribution in [3.8, 4) is 11.1 Å². The van der Waals surface area contributed by atoms with Crippen LogP contribution >= 0.6 is 0 Å². The van der Waals surface area contributed by atoms with Gasteiger partial charge in [0.25, 0.3) is 0 Å². The molecule has 2 nitrogen and oxygen atoms in total. The monoisotopic (exact) mass is 611 g/mol. The maximum Gasteiger partial charge on any atom is 0.137 e. The Morgan fingerprint density at radius 3 is 1.85 bits per heavy atom. The number of rotatable bonds is 4. The van der Waals surface area contributed by atoms with Gasteiger partial charge in [0.2, 0.25) is 0 Å². The highest BCUT2D eigenvalue weighted by molar-refractivity contribution is 6.21. The predicted molar refractivity (Wildman–Crippen MR) is 204 cm³/mol. The molecule has 224 valence electrons. The molecule has 0 atom stereocenters. The molecule has 1 aromatic heterocycles. The molecule has 0 bridgehead atoms. The number of para-hydroxylation sites is 1. The lowest BCUT2D eigenvalue weighted by atomic mass is 9.95. The summed E-state index contributed by atoms with van der Waals surface area (Å²) in [5, 5.41) is 12.1. The standard InChI is InChI=1S/C46H29NO/c1-2-11-30(12-3-1)37-16-8-9-18-41(37)47(42-19-10-20-43-46(42)40-27-34-14-4-5-15-35(34)28-44(40)48-43)36-26-25-32-22-24-33-23-21-31-13-6-7-17-38(31)45(33)39(32)29-36/h1-29H. The van der Waals surface area contributed by atoms with E-state index in [1.54, 1.807) is 0 Å². The Balaban J connectivity index is 1.32. The molecule has 0 fully saturated rings. The Morgan fingerprint density at radius 1 is 0.354 bits per heavy atom. The van der Waals surface area contributed by atoms with Crippen molar-refractivity contribution in [3.05, 3.63) is 176 Å². The van der Waals surface area contributed by atoms with Crippen LogP contribution in [-0.2, 0) is 0 Å². The van der Waals surface area contributed by atoms with E-state index in [4.69, 9.17) is 4.42 Å². The van der Waals surface area contributed by atoms with E-state index in [1.165, 1.54) is 48.7 Å². The predicted octanol–water partition coefficient (Wildman–Crippen LogP) is 13.3. The third kappa shape index (κ3) is 4.13. The highest BCUT2D eigenvalue weighted by Crippen LogP contribution is 2.47. The number of furan rings is 1. The van der Waals surface area contributed by atoms with E-state index in [2.05, 4.69) is 181 Å². The Morgan fingerprint density at radius 2 is 1.00 bits per heavy atom. The molecule has 1 heterocycles. The van der Waals surface area contributed by atoms with Crippen molar-refractivity contribution >= 4 is 82.1 Å². The van der Waals surface area contributed by atoms with Gasteiger partial charge in [-0.1, -0.05) is 133 Å². The fourth-order valence-electron chi connectivity index (χ4n) is 7.57. The number of anilines is 3. The summed E-state index contributed by atoms with van der Waals surface area (Å²) in [4.78, 5) is 2.43. The van der Waals surface area contributed by atoms with Gasteiger partial charge in [-0.15, -0.1) is 0 Å². The van der Waals surface area contributed by atoms with Gasteiger partial charge in [-0.05, 0) is 91.1 Å². The molecule has 10 aromatic rings. The van der Waals surface area contributed by atoms with Crippen LogP contribution in [0.2, 0.25) is 0 Å². The number of benzene rings is 9. The second kappa shape index (κ2) is 10.6. The normalized spacial score (nSPS) is 11.8. The first-order valence-corrected chi connectivity index (χ1v) is 16.4. The highest BCUT2D eigenvalue weighted by Gasteiger charge is 2.22. The zero-order chi connectivity index (χ0) is 31.6. The lowest BCUT2D eigenvalue weighted by Gasteiger charge is -2.29. The van der Waals surface area contributed by atoms with Gasteiger partial charge in [-0.2, -0.15) is 0 Å². The van der Waals surface area contributed by atoms with Crippen LogP contribution in [0.25, 0.3) is 76.2 Å². The van der Waals surface area contributed by atoms with Crippen LogP contribution in [0.1, 0.15) is 0 Å². The molecule has 0 aliphatic rings. The second-order valence-electron chi connectivity index (χ2n) is 12.5. The van der Waals surface area contributed by atoms with Crippen molar-refractivity contribution < 1.29 is 4.42 Å². The fraction of sp³-hybridized carbons (Fsp3) is 0. The molecule has 0 N–H and O–H groups in total. The zero-order valence-electron chi connectivity index (χ0n) is 26.1. The smallest absolute Gasteiger partial charge is 0.137 e. The number of nitrogens with zero attached hydrogens (tertiary/aromatic N) is 1. The van der Waals surface area contributed by atoms with Gasteiger partial charge < -0.3 is 9.32 Å². The molecule has 0 saturated heterocycles. The summed E-state index contributed by atoms with van der Waals surface area (Å²) < 4.78 is 6.59. The van der Waals surface area contributed by atoms with E-state index in [9.17, 15) is 0 Å². The van der Waals surface area contributed by atoms with Crippen molar-refractivity contribution in [1.29, 1.82) is 0 Å². The quantitative estimate of drug-likeness (QED) is 0.184. The van der Waals surface area contributed by atoms with Gasteiger partial charge in [0.1, 0.15) is 11.2 Å². The van der Waals surface area contributed by atoms with E-state index in [1.807, 2.05) is 0 Å². The minimum Gasteiger partial charge on any atom is -0.456 e. The molecular formula is C46H29NO. The minimum absolute atomic E-state index is 0.872. The Bertz CT molecular complexity index is 2840. The molecule has 0 aliphatic carbocycles. The summed E-state index contributed by atoms with van der Waals surface area (Å²) in [6.07, 6.45) is 0. The number of hydrogen-bond donors (Lipinski definition) is 0. The first-order valence-electron chi connectivity index (χ1n) is 16.4. The maximum atomic E-state index is 6.59. The van der Waals surface area contributed by atoms with Gasteiger partial charge in [-0.3, -0.25) is 0 Å². The first kappa shape index (κ1) is 26.8. The molecule has 48 heavy (non-hydrogen) atoms. The first-order chi connectivity index (χ1) is 23.8. The van der Waals surface area contributed by atoms with Crippen LogP contribution in [0.3, 0.4) is 0 Å². The van der Waals surface area contributed by atoms with Crippen LogP contribution in [0.4, 0.5) is 17.1 Å². The van der Waals surface area contributed by atoms with Crippen LogP contribution in [0.15, 0.2) is 180 Å². The van der Waals surface area contributed by atoms with Crippen LogP contribution < -0.4 is 4.90 Å². The van der Waals surface area contributed by atoms with Crippen molar-refractivity contribution in [2.75, 3.05) is 4.90 Å². The molecule has 0 aliphatic heterocycles. The molecule has 0 saturated carbocycles. The van der Waals surface area contributed by atoms with E-state index in [0.29, 0.717) is 0 Å². The summed E-state index contributed by atoms with van der Waals surface area (Å²) in [5.41, 5.74) is 7.38. The van der Waals surface area contributed by atoms with E-state index in [0.717, 1.165) is 44.6 Å². The molecule has 0 radical (unpaired) electrons. The summed E-state index contributed by atoms with van der Waals surface area (Å²) >= 11 is 0. The van der Waals surface area contributed by atoms with Gasteiger partial charge in [0.15, 0.2) is 0 Å². The van der Waals surface area contributed by atoms with Crippen molar-refractivity contribution in [2.24, 2.45) is 0 Å². The zero-order valence-corrected chi connectivity index (χ0v) is 26.1. The van der Waals surface area contributed by atoms with Gasteiger partial charge >= 0.3 is 0 Å². The van der Waals surface area contributed by atoms with Crippen LogP contribution in [-0.4, -0.2) is 0 Å². The highest BCUT2D eigenvalue weighted by atomic mass is 16.3. The molecule has 9 aromatic carbocycles. The van der Waals surface area contributed by atoms with Crippen LogP contribution in [0, 0.1) is 0 Å². The Kier molecular flexibility index (Phi) is 5.91. The average molecular weight is 612 g/mol. The molecule has 0 unspecified atom stereocenters. The topological polar surface area (TPSA) is 16.4 Å². The summed E-state index contributed by atoms with van der Waals surface area (Å²) in [6.45, 7) is 0. The molecular weight excluding hydrogens is 583 g/mol. The average Bonchev–Trinajstić information content (AvgIpc) is 3.52. The number of fused-ring (bicyclic) bond motifs is 9. The third-order valence-electron chi connectivity index (χ3n) is 9.78. The molecule has 0 spiro atoms. The fourth-order valence-corrected chi connectivity index (χ4v) is 7.57. The summed E-state index contributed by atoms with van der Waals surface area (Å²) in [5.74, 6) is 0. The van der Waals surface area contributed by atoms with Crippen molar-refractivity contribution in [2.45, 2.75) is 0 Å². The Labute approximate surface area is 277 Å². The minimum atomic E-state index is 0.872. The van der Waals surface area contributed by atoms with Gasteiger partial charge in [0.05, 0.1) is 16.8 Å². The van der Waals surface area contributed by atoms with Crippen molar-refractivity contribution in [3.63, 3.8) is 0 Å². The van der Waals surface area contributed by atoms with E-state index >= 15 is 0 Å². The van der Waals surface area contributed by atoms with E-state index in [-0.39, 0.29) is 0 Å². The summed E-state index contributed by atoms with van der Waals surface area (Å²) in [6, 6.07) is 63.4. The van der Waals surface area contributed by atoms with Crippen LogP contribution in [0.5, 0.6) is 0 Å². The third-order valence-corrected chi connectivity index (χ3v) is 9.78. The molecule has 0 amide bonds. The lowest BCUT2D eigenvalue weighted by Crippen LogP contribution is -2.11. The second-order valence-corrected chi connectivity index (χ2v) is 12.5. The molecule has 2 heteroatoms. The van der Waals surface area contributed by atoms with Gasteiger partial charge in [0, 0.05) is 16.6 Å². The van der Waals surface area contributed by atoms with Gasteiger partial charge in [-0.25, -0.2) is 0 Å². The SMILES string of the molecule is c1ccc(-c2ccccc2N(c2ccc3ccc4ccc5ccccc5c4c3c2)c2cccc3oc4cc5ccccc5cc4c23)cc1. The van der Waals surface area contributed by atoms with Crippen molar-refractivity contribution in [1.82, 2.24) is 0 Å².